The number of hydrogen-bond donors (Lipinski definition) is 1. The number of rotatable bonds is 6. The van der Waals surface area contributed by atoms with Crippen molar-refractivity contribution < 1.29 is 13.0 Å². The summed E-state index contributed by atoms with van der Waals surface area (Å²) in [6.07, 6.45) is 2.05. The van der Waals surface area contributed by atoms with Gasteiger partial charge in [0.05, 0.1) is 22.1 Å². The first-order chi connectivity index (χ1) is 10.9. The highest BCUT2D eigenvalue weighted by Gasteiger charge is 2.08. The Morgan fingerprint density at radius 2 is 1.48 bits per heavy atom. The minimum Gasteiger partial charge on any atom is -0.365 e. The van der Waals surface area contributed by atoms with Gasteiger partial charge in [-0.05, 0) is 54.8 Å². The summed E-state index contributed by atoms with van der Waals surface area (Å²) >= 11 is 1.74. The molecule has 23 heavy (non-hydrogen) atoms. The molecule has 0 spiro atoms. The molecule has 0 bridgehead atoms. The van der Waals surface area contributed by atoms with Crippen molar-refractivity contribution in [2.45, 2.75) is 4.90 Å². The molecule has 0 aliphatic heterocycles. The van der Waals surface area contributed by atoms with E-state index in [2.05, 4.69) is 15.1 Å². The molecule has 0 amide bonds. The zero-order valence-corrected chi connectivity index (χ0v) is 14.4. The average molecular weight is 351 g/mol. The summed E-state index contributed by atoms with van der Waals surface area (Å²) in [5.41, 5.74) is 2.29. The molecule has 1 N–H and O–H groups in total. The second-order valence-corrected chi connectivity index (χ2v) is 7.06. The lowest BCUT2D eigenvalue weighted by atomic mass is 10.3. The highest BCUT2D eigenvalue weighted by Crippen LogP contribution is 2.23. The van der Waals surface area contributed by atoms with E-state index in [0.29, 0.717) is 11.4 Å². The van der Waals surface area contributed by atoms with E-state index in [0.717, 1.165) is 11.6 Å². The van der Waals surface area contributed by atoms with Gasteiger partial charge in [-0.25, -0.2) is 0 Å². The highest BCUT2D eigenvalue weighted by atomic mass is 32.2. The molecule has 0 aliphatic carbocycles. The summed E-state index contributed by atoms with van der Waals surface area (Å²) in [6.45, 7) is 0. The third-order valence-corrected chi connectivity index (χ3v) is 4.54. The Morgan fingerprint density at radius 3 is 1.91 bits per heavy atom. The van der Waals surface area contributed by atoms with Crippen LogP contribution < -0.4 is 4.90 Å². The Bertz CT molecular complexity index is 773. The molecule has 6 nitrogen and oxygen atoms in total. The van der Waals surface area contributed by atoms with Crippen LogP contribution in [0.15, 0.2) is 63.7 Å². The van der Waals surface area contributed by atoms with Gasteiger partial charge >= 0.3 is 0 Å². The Hall–Kier alpha value is -1.90. The lowest BCUT2D eigenvalue weighted by Gasteiger charge is -2.17. The van der Waals surface area contributed by atoms with Gasteiger partial charge in [-0.1, -0.05) is 0 Å². The van der Waals surface area contributed by atoms with Crippen molar-refractivity contribution in [3.63, 3.8) is 0 Å². The molecule has 0 aromatic heterocycles. The van der Waals surface area contributed by atoms with Crippen molar-refractivity contribution >= 4 is 38.9 Å². The zero-order chi connectivity index (χ0) is 16.9. The number of hydrogen-bond acceptors (Lipinski definition) is 6. The number of benzene rings is 2. The average Bonchev–Trinajstić information content (AvgIpc) is 2.53. The first kappa shape index (κ1) is 17.5. The van der Waals surface area contributed by atoms with Gasteiger partial charge in [0.1, 0.15) is 0 Å². The van der Waals surface area contributed by atoms with Gasteiger partial charge < -0.3 is 4.90 Å². The Labute approximate surface area is 140 Å². The molecule has 2 aromatic rings. The first-order valence-corrected chi connectivity index (χ1v) is 9.53. The summed E-state index contributed by atoms with van der Waals surface area (Å²) < 4.78 is 30.8. The van der Waals surface area contributed by atoms with Crippen LogP contribution in [0.1, 0.15) is 0 Å². The smallest absolute Gasteiger partial charge is 0.294 e. The second-order valence-electron chi connectivity index (χ2n) is 4.80. The molecule has 0 fully saturated rings. The number of azo groups is 1. The molecule has 0 heterocycles. The van der Waals surface area contributed by atoms with E-state index in [9.17, 15) is 8.42 Å². The van der Waals surface area contributed by atoms with Gasteiger partial charge in [-0.2, -0.15) is 18.6 Å². The molecule has 8 heteroatoms. The van der Waals surface area contributed by atoms with Crippen LogP contribution in [0.5, 0.6) is 0 Å². The van der Waals surface area contributed by atoms with E-state index in [1.165, 1.54) is 24.3 Å². The summed E-state index contributed by atoms with van der Waals surface area (Å²) in [7, 11) is -2.17. The minimum absolute atomic E-state index is 0.169. The zero-order valence-electron chi connectivity index (χ0n) is 12.7. The second kappa shape index (κ2) is 7.58. The summed E-state index contributed by atoms with van der Waals surface area (Å²) in [5, 5.41) is 8.15. The Kier molecular flexibility index (Phi) is 5.75. The summed E-state index contributed by atoms with van der Waals surface area (Å²) in [4.78, 5) is 1.96. The molecule has 0 saturated carbocycles. The lowest BCUT2D eigenvalue weighted by molar-refractivity contribution is 0.483. The molecule has 2 aromatic carbocycles. The maximum absolute atomic E-state index is 11.0. The molecule has 122 valence electrons. The normalized spacial score (nSPS) is 11.8. The van der Waals surface area contributed by atoms with E-state index in [1.807, 2.05) is 37.6 Å². The fourth-order valence-electron chi connectivity index (χ4n) is 1.84. The van der Waals surface area contributed by atoms with Crippen LogP contribution in [0, 0.1) is 0 Å². The van der Waals surface area contributed by atoms with Gasteiger partial charge in [0, 0.05) is 12.7 Å². The van der Waals surface area contributed by atoms with Crippen molar-refractivity contribution in [2.24, 2.45) is 10.2 Å². The quantitative estimate of drug-likeness (QED) is 0.481. The third-order valence-electron chi connectivity index (χ3n) is 3.03. The van der Waals surface area contributed by atoms with E-state index in [-0.39, 0.29) is 4.90 Å². The number of nitrogens with zero attached hydrogens (tertiary/aromatic N) is 3. The highest BCUT2D eigenvalue weighted by molar-refractivity contribution is 7.98. The van der Waals surface area contributed by atoms with Gasteiger partial charge in [-0.15, -0.1) is 11.8 Å². The third kappa shape index (κ3) is 5.05. The standard InChI is InChI=1S/C15H17N3O3S2/c1-18(11-22-2)14-7-3-12(4-8-14)16-17-13-5-9-15(10-6-13)23(19,20)21/h3-10H,11H2,1-2H3,(H,19,20,21). The van der Waals surface area contributed by atoms with Gasteiger partial charge in [0.2, 0.25) is 0 Å². The van der Waals surface area contributed by atoms with E-state index in [4.69, 9.17) is 4.55 Å². The van der Waals surface area contributed by atoms with Crippen LogP contribution in [0.3, 0.4) is 0 Å². The van der Waals surface area contributed by atoms with E-state index in [1.54, 1.807) is 11.8 Å². The summed E-state index contributed by atoms with van der Waals surface area (Å²) in [5.74, 6) is 0.904. The van der Waals surface area contributed by atoms with Crippen molar-refractivity contribution in [2.75, 3.05) is 24.1 Å². The Morgan fingerprint density at radius 1 is 1.00 bits per heavy atom. The topological polar surface area (TPSA) is 82.3 Å². The number of anilines is 1. The molecule has 2 rings (SSSR count). The predicted octanol–water partition coefficient (Wildman–Crippen LogP) is 4.11. The van der Waals surface area contributed by atoms with Crippen molar-refractivity contribution in [1.29, 1.82) is 0 Å². The van der Waals surface area contributed by atoms with Gasteiger partial charge in [0.25, 0.3) is 10.1 Å². The van der Waals surface area contributed by atoms with E-state index < -0.39 is 10.1 Å². The monoisotopic (exact) mass is 351 g/mol. The maximum Gasteiger partial charge on any atom is 0.294 e. The molecule has 0 radical (unpaired) electrons. The van der Waals surface area contributed by atoms with Crippen LogP contribution in [0.25, 0.3) is 0 Å². The van der Waals surface area contributed by atoms with Gasteiger partial charge in [0.15, 0.2) is 0 Å². The Balaban J connectivity index is 2.08. The van der Waals surface area contributed by atoms with Crippen LogP contribution >= 0.6 is 11.8 Å². The van der Waals surface area contributed by atoms with Crippen LogP contribution in [0.4, 0.5) is 17.1 Å². The molecular weight excluding hydrogens is 334 g/mol. The van der Waals surface area contributed by atoms with E-state index >= 15 is 0 Å². The molecular formula is C15H17N3O3S2. The number of thioether (sulfide) groups is 1. The van der Waals surface area contributed by atoms with Crippen molar-refractivity contribution in [1.82, 2.24) is 0 Å². The van der Waals surface area contributed by atoms with Crippen LogP contribution in [-0.2, 0) is 10.1 Å². The van der Waals surface area contributed by atoms with Crippen LogP contribution in [0.2, 0.25) is 0 Å². The van der Waals surface area contributed by atoms with Crippen molar-refractivity contribution in [3.05, 3.63) is 48.5 Å². The first-order valence-electron chi connectivity index (χ1n) is 6.69. The minimum atomic E-state index is -4.18. The van der Waals surface area contributed by atoms with Crippen molar-refractivity contribution in [3.8, 4) is 0 Å². The van der Waals surface area contributed by atoms with Gasteiger partial charge in [-0.3, -0.25) is 4.55 Å². The lowest BCUT2D eigenvalue weighted by Crippen LogP contribution is -2.15. The van der Waals surface area contributed by atoms with Crippen LogP contribution in [-0.4, -0.2) is 32.2 Å². The summed E-state index contributed by atoms with van der Waals surface area (Å²) in [6, 6.07) is 13.2. The SMILES string of the molecule is CSCN(C)c1ccc(N=Nc2ccc(S(=O)(=O)O)cc2)cc1. The fraction of sp³-hybridized carbons (Fsp3) is 0.200. The largest absolute Gasteiger partial charge is 0.365 e. The predicted molar refractivity (Wildman–Crippen MR) is 93.7 cm³/mol. The maximum atomic E-state index is 11.0. The molecule has 0 aliphatic rings. The molecule has 0 unspecified atom stereocenters. The molecule has 0 saturated heterocycles. The molecule has 0 atom stereocenters. The fourth-order valence-corrected chi connectivity index (χ4v) is 2.86.